The fraction of sp³-hybridized carbons (Fsp3) is 0.357. The Balaban J connectivity index is 2.09. The molecule has 1 aromatic carbocycles. The zero-order valence-corrected chi connectivity index (χ0v) is 12.7. The molecule has 3 rings (SSSR count). The molecule has 1 aromatic heterocycles. The summed E-state index contributed by atoms with van der Waals surface area (Å²) in [5.74, 6) is 0.881. The second-order valence-electron chi connectivity index (χ2n) is 4.82. The molecule has 0 bridgehead atoms. The van der Waals surface area contributed by atoms with Gasteiger partial charge in [0.2, 0.25) is 5.91 Å². The van der Waals surface area contributed by atoms with Crippen LogP contribution >= 0.6 is 15.9 Å². The lowest BCUT2D eigenvalue weighted by Crippen LogP contribution is -2.42. The molecule has 0 radical (unpaired) electrons. The second-order valence-corrected chi connectivity index (χ2v) is 5.74. The molecule has 1 unspecified atom stereocenters. The van der Waals surface area contributed by atoms with E-state index in [-0.39, 0.29) is 11.9 Å². The zero-order valence-electron chi connectivity index (χ0n) is 11.1. The van der Waals surface area contributed by atoms with Crippen LogP contribution in [0.25, 0.3) is 10.9 Å². The Hall–Kier alpha value is -1.69. The van der Waals surface area contributed by atoms with Crippen LogP contribution in [0, 0.1) is 0 Å². The average Bonchev–Trinajstić information content (AvgIpc) is 2.95. The number of carbonyl (C=O) groups is 1. The van der Waals surface area contributed by atoms with Gasteiger partial charge in [-0.05, 0) is 31.0 Å². The summed E-state index contributed by atoms with van der Waals surface area (Å²) in [5, 5.41) is 3.70. The van der Waals surface area contributed by atoms with E-state index >= 15 is 0 Å². The van der Waals surface area contributed by atoms with Crippen LogP contribution in [0.1, 0.15) is 12.8 Å². The number of hydrogen-bond acceptors (Lipinski definition) is 4. The summed E-state index contributed by atoms with van der Waals surface area (Å²) in [5.41, 5.74) is 0.890. The summed E-state index contributed by atoms with van der Waals surface area (Å²) in [7, 11) is 1.67. The number of anilines is 1. The van der Waals surface area contributed by atoms with E-state index in [1.807, 2.05) is 18.2 Å². The van der Waals surface area contributed by atoms with E-state index in [4.69, 9.17) is 0 Å². The van der Waals surface area contributed by atoms with Crippen LogP contribution < -0.4 is 10.2 Å². The Morgan fingerprint density at radius 1 is 1.45 bits per heavy atom. The highest BCUT2D eigenvalue weighted by Crippen LogP contribution is 2.31. The summed E-state index contributed by atoms with van der Waals surface area (Å²) in [6, 6.07) is 5.77. The minimum atomic E-state index is -0.142. The predicted octanol–water partition coefficient (Wildman–Crippen LogP) is 2.11. The maximum Gasteiger partial charge on any atom is 0.242 e. The topological polar surface area (TPSA) is 58.1 Å². The first kappa shape index (κ1) is 13.3. The van der Waals surface area contributed by atoms with Crippen molar-refractivity contribution in [3.8, 4) is 0 Å². The summed E-state index contributed by atoms with van der Waals surface area (Å²) in [6.07, 6.45) is 3.42. The molecule has 1 fully saturated rings. The first-order valence-corrected chi connectivity index (χ1v) is 7.38. The maximum atomic E-state index is 12.0. The van der Waals surface area contributed by atoms with Gasteiger partial charge in [-0.3, -0.25) is 4.79 Å². The number of amides is 1. The largest absolute Gasteiger partial charge is 0.357 e. The third-order valence-corrected chi connectivity index (χ3v) is 4.14. The molecule has 2 aromatic rings. The van der Waals surface area contributed by atoms with Gasteiger partial charge in [-0.15, -0.1) is 0 Å². The molecule has 2 heterocycles. The lowest BCUT2D eigenvalue weighted by atomic mass is 10.2. The Morgan fingerprint density at radius 2 is 2.30 bits per heavy atom. The van der Waals surface area contributed by atoms with Crippen molar-refractivity contribution in [1.82, 2.24) is 15.3 Å². The van der Waals surface area contributed by atoms with E-state index in [1.165, 1.54) is 0 Å². The molecule has 20 heavy (non-hydrogen) atoms. The molecule has 0 saturated carbocycles. The number of fused-ring (bicyclic) bond motifs is 1. The molecule has 1 N–H and O–H groups in total. The van der Waals surface area contributed by atoms with Crippen LogP contribution in [0.3, 0.4) is 0 Å². The van der Waals surface area contributed by atoms with Crippen molar-refractivity contribution in [2.45, 2.75) is 18.9 Å². The van der Waals surface area contributed by atoms with Crippen LogP contribution in [-0.4, -0.2) is 35.5 Å². The number of carbonyl (C=O) groups excluding carboxylic acids is 1. The summed E-state index contributed by atoms with van der Waals surface area (Å²) >= 11 is 3.48. The molecule has 1 aliphatic rings. The number of benzene rings is 1. The monoisotopic (exact) mass is 334 g/mol. The average molecular weight is 335 g/mol. The predicted molar refractivity (Wildman–Crippen MR) is 81.7 cm³/mol. The van der Waals surface area contributed by atoms with Crippen molar-refractivity contribution in [2.75, 3.05) is 18.5 Å². The van der Waals surface area contributed by atoms with Crippen molar-refractivity contribution < 1.29 is 4.79 Å². The Kier molecular flexibility index (Phi) is 3.56. The van der Waals surface area contributed by atoms with Crippen molar-refractivity contribution >= 4 is 38.6 Å². The number of aromatic nitrogens is 2. The van der Waals surface area contributed by atoms with Gasteiger partial charge in [0.1, 0.15) is 18.2 Å². The molecular formula is C14H15BrN4O. The number of halogens is 1. The number of hydrogen-bond donors (Lipinski definition) is 1. The fourth-order valence-corrected chi connectivity index (χ4v) is 3.06. The van der Waals surface area contributed by atoms with Crippen LogP contribution in [0.4, 0.5) is 5.82 Å². The lowest BCUT2D eigenvalue weighted by molar-refractivity contribution is -0.121. The summed E-state index contributed by atoms with van der Waals surface area (Å²) in [4.78, 5) is 22.8. The molecular weight excluding hydrogens is 320 g/mol. The summed E-state index contributed by atoms with van der Waals surface area (Å²) in [6.45, 7) is 0.844. The number of likely N-dealkylation sites (N-methyl/N-ethyl adjacent to an activating group) is 1. The van der Waals surface area contributed by atoms with E-state index in [1.54, 1.807) is 13.4 Å². The van der Waals surface area contributed by atoms with Gasteiger partial charge in [-0.1, -0.05) is 15.9 Å². The molecule has 5 nitrogen and oxygen atoms in total. The Morgan fingerprint density at radius 3 is 3.10 bits per heavy atom. The molecule has 6 heteroatoms. The lowest BCUT2D eigenvalue weighted by Gasteiger charge is -2.25. The van der Waals surface area contributed by atoms with Gasteiger partial charge < -0.3 is 10.2 Å². The molecule has 1 amide bonds. The van der Waals surface area contributed by atoms with Gasteiger partial charge in [0.05, 0.1) is 5.52 Å². The highest BCUT2D eigenvalue weighted by molar-refractivity contribution is 9.10. The first-order valence-electron chi connectivity index (χ1n) is 6.59. The SMILES string of the molecule is CNC(=O)C1CCCN1c1ncnc2ccc(Br)cc12. The van der Waals surface area contributed by atoms with Gasteiger partial charge in [-0.2, -0.15) is 0 Å². The Bertz CT molecular complexity index is 661. The minimum absolute atomic E-state index is 0.0456. The van der Waals surface area contributed by atoms with E-state index in [0.717, 1.165) is 40.6 Å². The quantitative estimate of drug-likeness (QED) is 0.913. The smallest absolute Gasteiger partial charge is 0.242 e. The third-order valence-electron chi connectivity index (χ3n) is 3.65. The van der Waals surface area contributed by atoms with Gasteiger partial charge in [0.25, 0.3) is 0 Å². The third kappa shape index (κ3) is 2.24. The van der Waals surface area contributed by atoms with E-state index in [9.17, 15) is 4.79 Å². The van der Waals surface area contributed by atoms with Crippen molar-refractivity contribution in [2.24, 2.45) is 0 Å². The van der Waals surface area contributed by atoms with Gasteiger partial charge >= 0.3 is 0 Å². The normalized spacial score (nSPS) is 18.5. The molecule has 1 aliphatic heterocycles. The van der Waals surface area contributed by atoms with Gasteiger partial charge in [0, 0.05) is 23.5 Å². The maximum absolute atomic E-state index is 12.0. The van der Waals surface area contributed by atoms with Crippen molar-refractivity contribution in [3.63, 3.8) is 0 Å². The number of nitrogens with zero attached hydrogens (tertiary/aromatic N) is 3. The summed E-state index contributed by atoms with van der Waals surface area (Å²) < 4.78 is 0.983. The van der Waals surface area contributed by atoms with Crippen molar-refractivity contribution in [1.29, 1.82) is 0 Å². The van der Waals surface area contributed by atoms with E-state index < -0.39 is 0 Å². The molecule has 104 valence electrons. The molecule has 1 saturated heterocycles. The molecule has 1 atom stereocenters. The fourth-order valence-electron chi connectivity index (χ4n) is 2.70. The second kappa shape index (κ2) is 5.36. The van der Waals surface area contributed by atoms with E-state index in [0.29, 0.717) is 0 Å². The number of nitrogens with one attached hydrogen (secondary N) is 1. The van der Waals surface area contributed by atoms with Gasteiger partial charge in [-0.25, -0.2) is 9.97 Å². The van der Waals surface area contributed by atoms with Gasteiger partial charge in [0.15, 0.2) is 0 Å². The number of rotatable bonds is 2. The van der Waals surface area contributed by atoms with Crippen LogP contribution in [0.15, 0.2) is 29.0 Å². The van der Waals surface area contributed by atoms with Crippen LogP contribution in [-0.2, 0) is 4.79 Å². The first-order chi connectivity index (χ1) is 9.70. The van der Waals surface area contributed by atoms with Crippen LogP contribution in [0.2, 0.25) is 0 Å². The highest BCUT2D eigenvalue weighted by Gasteiger charge is 2.31. The van der Waals surface area contributed by atoms with E-state index in [2.05, 4.69) is 36.1 Å². The molecule has 0 spiro atoms. The highest BCUT2D eigenvalue weighted by atomic mass is 79.9. The van der Waals surface area contributed by atoms with Crippen molar-refractivity contribution in [3.05, 3.63) is 29.0 Å². The standard InChI is InChI=1S/C14H15BrN4O/c1-16-14(20)12-3-2-6-19(12)13-10-7-9(15)4-5-11(10)17-8-18-13/h4-5,7-8,12H,2-3,6H2,1H3,(H,16,20). The minimum Gasteiger partial charge on any atom is -0.357 e. The Labute approximate surface area is 125 Å². The molecule has 0 aliphatic carbocycles. The zero-order chi connectivity index (χ0) is 14.1. The van der Waals surface area contributed by atoms with Crippen LogP contribution in [0.5, 0.6) is 0 Å².